The summed E-state index contributed by atoms with van der Waals surface area (Å²) in [6.07, 6.45) is 0.283. The Kier molecular flexibility index (Phi) is 5.36. The van der Waals surface area contributed by atoms with Gasteiger partial charge in [-0.1, -0.05) is 24.3 Å². The summed E-state index contributed by atoms with van der Waals surface area (Å²) in [5.74, 6) is -0.697. The average Bonchev–Trinajstić information content (AvgIpc) is 3.30. The van der Waals surface area contributed by atoms with Gasteiger partial charge in [0, 0.05) is 12.0 Å². The van der Waals surface area contributed by atoms with Crippen LogP contribution in [-0.4, -0.2) is 37.3 Å². The van der Waals surface area contributed by atoms with E-state index in [0.717, 1.165) is 10.6 Å². The summed E-state index contributed by atoms with van der Waals surface area (Å²) in [4.78, 5) is 28.8. The van der Waals surface area contributed by atoms with E-state index in [2.05, 4.69) is 15.4 Å². The van der Waals surface area contributed by atoms with Crippen molar-refractivity contribution < 1.29 is 14.7 Å². The number of hydrogen-bond donors (Lipinski definition) is 2. The molecule has 2 N–H and O–H groups in total. The molecule has 1 aromatic carbocycles. The summed E-state index contributed by atoms with van der Waals surface area (Å²) in [7, 11) is 0. The van der Waals surface area contributed by atoms with Crippen molar-refractivity contribution in [1.82, 2.24) is 20.1 Å². The van der Waals surface area contributed by atoms with Crippen molar-refractivity contribution in [3.63, 3.8) is 0 Å². The number of carbonyl (C=O) groups excluding carboxylic acids is 1. The molecule has 0 saturated heterocycles. The Bertz CT molecular complexity index is 933. The van der Waals surface area contributed by atoms with Gasteiger partial charge in [-0.15, -0.1) is 16.4 Å². The molecule has 0 aliphatic heterocycles. The molecule has 140 valence electrons. The van der Waals surface area contributed by atoms with Crippen LogP contribution in [0, 0.1) is 0 Å². The number of aromatic nitrogens is 3. The van der Waals surface area contributed by atoms with Crippen molar-refractivity contribution in [2.24, 2.45) is 0 Å². The monoisotopic (exact) mass is 384 g/mol. The van der Waals surface area contributed by atoms with E-state index in [1.165, 1.54) is 11.3 Å². The predicted octanol–water partition coefficient (Wildman–Crippen LogP) is 3.37. The molecule has 2 aromatic heterocycles. The maximum atomic E-state index is 12.7. The van der Waals surface area contributed by atoms with Crippen LogP contribution in [0.4, 0.5) is 0 Å². The number of thiophene rings is 1. The number of rotatable bonds is 7. The largest absolute Gasteiger partial charge is 0.481 e. The Labute approximate surface area is 160 Å². The summed E-state index contributed by atoms with van der Waals surface area (Å²) in [6, 6.07) is 13.3. The van der Waals surface area contributed by atoms with Crippen LogP contribution in [-0.2, 0) is 4.79 Å². The number of carboxylic acid groups (broad SMARTS) is 1. The number of nitrogens with zero attached hydrogens (tertiary/aromatic N) is 3. The zero-order chi connectivity index (χ0) is 19.4. The summed E-state index contributed by atoms with van der Waals surface area (Å²) in [5, 5.41) is 18.0. The van der Waals surface area contributed by atoms with Crippen molar-refractivity contribution >= 4 is 23.2 Å². The van der Waals surface area contributed by atoms with E-state index in [1.54, 1.807) is 18.5 Å². The molecule has 0 radical (unpaired) electrons. The molecule has 0 aliphatic carbocycles. The number of benzene rings is 1. The van der Waals surface area contributed by atoms with Crippen molar-refractivity contribution in [3.8, 4) is 16.4 Å². The fourth-order valence-electron chi connectivity index (χ4n) is 2.57. The smallest absolute Gasteiger partial charge is 0.303 e. The fourth-order valence-corrected chi connectivity index (χ4v) is 3.27. The molecule has 0 unspecified atom stereocenters. The lowest BCUT2D eigenvalue weighted by Gasteiger charge is -2.24. The Morgan fingerprint density at radius 2 is 1.93 bits per heavy atom. The van der Waals surface area contributed by atoms with Gasteiger partial charge >= 0.3 is 5.97 Å². The van der Waals surface area contributed by atoms with Crippen molar-refractivity contribution in [2.45, 2.75) is 32.2 Å². The minimum absolute atomic E-state index is 0.0282. The first-order valence-electron chi connectivity index (χ1n) is 8.46. The lowest BCUT2D eigenvalue weighted by atomic mass is 9.98. The minimum Gasteiger partial charge on any atom is -0.481 e. The molecule has 0 spiro atoms. The number of nitrogens with one attached hydrogen (secondary N) is 1. The third-order valence-corrected chi connectivity index (χ3v) is 4.83. The zero-order valence-corrected chi connectivity index (χ0v) is 15.9. The van der Waals surface area contributed by atoms with Crippen molar-refractivity contribution in [2.75, 3.05) is 0 Å². The molecular formula is C19H20N4O3S. The molecule has 3 rings (SSSR count). The second-order valence-electron chi connectivity index (χ2n) is 6.72. The van der Waals surface area contributed by atoms with E-state index in [9.17, 15) is 9.59 Å². The molecule has 0 bridgehead atoms. The molecule has 2 heterocycles. The van der Waals surface area contributed by atoms with Crippen LogP contribution in [0.3, 0.4) is 0 Å². The molecule has 7 nitrogen and oxygen atoms in total. The molecule has 3 aromatic rings. The number of hydrogen-bond acceptors (Lipinski definition) is 5. The van der Waals surface area contributed by atoms with E-state index < -0.39 is 17.4 Å². The highest BCUT2D eigenvalue weighted by atomic mass is 32.1. The molecule has 0 atom stereocenters. The topological polar surface area (TPSA) is 97.1 Å². The number of aliphatic carboxylic acids is 1. The third-order valence-electron chi connectivity index (χ3n) is 3.97. The minimum atomic E-state index is -0.899. The quantitative estimate of drug-likeness (QED) is 0.651. The molecule has 0 saturated carbocycles. The Morgan fingerprint density at radius 1 is 1.19 bits per heavy atom. The van der Waals surface area contributed by atoms with Gasteiger partial charge in [0.1, 0.15) is 0 Å². The molecule has 1 amide bonds. The van der Waals surface area contributed by atoms with Gasteiger partial charge in [0.2, 0.25) is 5.82 Å². The van der Waals surface area contributed by atoms with Crippen molar-refractivity contribution in [3.05, 3.63) is 53.7 Å². The van der Waals surface area contributed by atoms with Crippen LogP contribution in [0.5, 0.6) is 0 Å². The third kappa shape index (κ3) is 4.59. The number of para-hydroxylation sites is 1. The highest BCUT2D eigenvalue weighted by Crippen LogP contribution is 2.25. The number of carbonyl (C=O) groups is 2. The maximum Gasteiger partial charge on any atom is 0.303 e. The first-order chi connectivity index (χ1) is 12.9. The lowest BCUT2D eigenvalue weighted by molar-refractivity contribution is -0.137. The van der Waals surface area contributed by atoms with Gasteiger partial charge in [0.15, 0.2) is 5.82 Å². The van der Waals surface area contributed by atoms with E-state index in [-0.39, 0.29) is 12.2 Å². The van der Waals surface area contributed by atoms with Crippen LogP contribution >= 0.6 is 11.3 Å². The van der Waals surface area contributed by atoms with Crippen LogP contribution in [0.15, 0.2) is 47.8 Å². The Balaban J connectivity index is 1.90. The van der Waals surface area contributed by atoms with Gasteiger partial charge in [-0.05, 0) is 43.8 Å². The van der Waals surface area contributed by atoms with E-state index in [1.807, 2.05) is 47.8 Å². The van der Waals surface area contributed by atoms with Gasteiger partial charge in [-0.25, -0.2) is 9.67 Å². The number of amides is 1. The molecule has 8 heteroatoms. The Hall–Kier alpha value is -3.00. The van der Waals surface area contributed by atoms with Gasteiger partial charge in [0.05, 0.1) is 10.6 Å². The zero-order valence-electron chi connectivity index (χ0n) is 15.0. The van der Waals surface area contributed by atoms with Crippen LogP contribution < -0.4 is 5.32 Å². The maximum absolute atomic E-state index is 12.7. The van der Waals surface area contributed by atoms with Gasteiger partial charge in [-0.2, -0.15) is 0 Å². The molecular weight excluding hydrogens is 364 g/mol. The molecule has 27 heavy (non-hydrogen) atoms. The second kappa shape index (κ2) is 7.71. The van der Waals surface area contributed by atoms with E-state index in [4.69, 9.17) is 5.11 Å². The van der Waals surface area contributed by atoms with Gasteiger partial charge < -0.3 is 10.4 Å². The number of carboxylic acids is 1. The molecule has 0 aliphatic rings. The van der Waals surface area contributed by atoms with Crippen LogP contribution in [0.2, 0.25) is 0 Å². The fraction of sp³-hybridized carbons (Fsp3) is 0.263. The standard InChI is InChI=1S/C19H20N4O3S/c1-19(2,11-10-15(24)25)21-18(26)16-20-17(14-9-6-12-27-14)23(22-16)13-7-4-3-5-8-13/h3-9,12H,10-11H2,1-2H3,(H,21,26)(H,24,25). The Morgan fingerprint density at radius 3 is 2.56 bits per heavy atom. The van der Waals surface area contributed by atoms with Crippen molar-refractivity contribution in [1.29, 1.82) is 0 Å². The summed E-state index contributed by atoms with van der Waals surface area (Å²) < 4.78 is 1.64. The lowest BCUT2D eigenvalue weighted by Crippen LogP contribution is -2.44. The summed E-state index contributed by atoms with van der Waals surface area (Å²) >= 11 is 1.51. The first-order valence-corrected chi connectivity index (χ1v) is 9.34. The van der Waals surface area contributed by atoms with E-state index >= 15 is 0 Å². The molecule has 0 fully saturated rings. The first kappa shape index (κ1) is 18.8. The second-order valence-corrected chi connectivity index (χ2v) is 7.66. The highest BCUT2D eigenvalue weighted by molar-refractivity contribution is 7.13. The van der Waals surface area contributed by atoms with Crippen LogP contribution in [0.25, 0.3) is 16.4 Å². The normalized spacial score (nSPS) is 11.3. The van der Waals surface area contributed by atoms with E-state index in [0.29, 0.717) is 12.2 Å². The average molecular weight is 384 g/mol. The summed E-state index contributed by atoms with van der Waals surface area (Å²) in [6.45, 7) is 3.56. The SMILES string of the molecule is CC(C)(CCC(=O)O)NC(=O)c1nc(-c2cccs2)n(-c2ccccc2)n1. The highest BCUT2D eigenvalue weighted by Gasteiger charge is 2.26. The van der Waals surface area contributed by atoms with Crippen LogP contribution in [0.1, 0.15) is 37.3 Å². The summed E-state index contributed by atoms with van der Waals surface area (Å²) in [5.41, 5.74) is 0.120. The predicted molar refractivity (Wildman–Crippen MR) is 103 cm³/mol. The van der Waals surface area contributed by atoms with Gasteiger partial charge in [0.25, 0.3) is 5.91 Å². The van der Waals surface area contributed by atoms with Gasteiger partial charge in [-0.3, -0.25) is 9.59 Å².